The van der Waals surface area contributed by atoms with Gasteiger partial charge in [-0.25, -0.2) is 9.31 Å². The molecule has 160 valence electrons. The summed E-state index contributed by atoms with van der Waals surface area (Å²) in [4.78, 5) is 15.6. The molecule has 3 heterocycles. The van der Waals surface area contributed by atoms with Crippen LogP contribution in [0.1, 0.15) is 21.7 Å². The second kappa shape index (κ2) is 7.07. The molecule has 0 spiro atoms. The molecule has 0 saturated carbocycles. The van der Waals surface area contributed by atoms with E-state index in [1.54, 1.807) is 0 Å². The minimum Gasteiger partial charge on any atom is -0.322 e. The van der Waals surface area contributed by atoms with Gasteiger partial charge < -0.3 is 5.32 Å². The van der Waals surface area contributed by atoms with Gasteiger partial charge in [0.05, 0.1) is 17.4 Å². The van der Waals surface area contributed by atoms with Crippen LogP contribution in [0, 0.1) is 0 Å². The summed E-state index contributed by atoms with van der Waals surface area (Å²) in [5.74, 6) is -1.32. The maximum Gasteiger partial charge on any atom is 0.434 e. The Balaban J connectivity index is 1.76. The van der Waals surface area contributed by atoms with Crippen LogP contribution < -0.4 is 5.32 Å². The van der Waals surface area contributed by atoms with E-state index in [1.807, 2.05) is 5.32 Å². The molecule has 31 heavy (non-hydrogen) atoms. The minimum atomic E-state index is -5.04. The largest absolute Gasteiger partial charge is 0.434 e. The van der Waals surface area contributed by atoms with Crippen LogP contribution >= 0.6 is 0 Å². The number of carbonyl (C=O) groups is 1. The number of nitrogens with zero attached hydrogens (tertiary/aromatic N) is 5. The molecule has 0 atom stereocenters. The topological polar surface area (TPSA) is 98.7 Å². The quantitative estimate of drug-likeness (QED) is 0.480. The van der Waals surface area contributed by atoms with Gasteiger partial charge in [0.15, 0.2) is 11.2 Å². The van der Waals surface area contributed by atoms with Gasteiger partial charge in [0.25, 0.3) is 5.91 Å². The van der Waals surface area contributed by atoms with Crippen LogP contribution in [0.3, 0.4) is 0 Å². The zero-order valence-corrected chi connectivity index (χ0v) is 14.9. The van der Waals surface area contributed by atoms with Crippen LogP contribution in [0.25, 0.3) is 16.7 Å². The molecular formula is C17H8F6N6O2. The summed E-state index contributed by atoms with van der Waals surface area (Å²) in [7, 11) is 0. The first-order valence-corrected chi connectivity index (χ1v) is 8.27. The van der Waals surface area contributed by atoms with Crippen molar-refractivity contribution in [2.75, 3.05) is 5.32 Å². The number of aromatic nitrogens is 5. The fraction of sp³-hybridized carbons (Fsp3) is 0.118. The molecule has 0 saturated heterocycles. The van der Waals surface area contributed by atoms with Crippen molar-refractivity contribution in [3.8, 4) is 5.69 Å². The number of benzene rings is 1. The van der Waals surface area contributed by atoms with Crippen molar-refractivity contribution >= 4 is 22.6 Å². The Hall–Kier alpha value is -3.97. The third-order valence-corrected chi connectivity index (χ3v) is 4.08. The lowest BCUT2D eigenvalue weighted by Gasteiger charge is -2.13. The van der Waals surface area contributed by atoms with Crippen molar-refractivity contribution in [3.63, 3.8) is 0 Å². The molecule has 1 N–H and O–H groups in total. The Morgan fingerprint density at radius 2 is 1.81 bits per heavy atom. The van der Waals surface area contributed by atoms with E-state index < -0.39 is 40.9 Å². The van der Waals surface area contributed by atoms with E-state index in [9.17, 15) is 31.1 Å². The monoisotopic (exact) mass is 442 g/mol. The average Bonchev–Trinajstić information content (AvgIpc) is 3.34. The number of alkyl halides is 6. The normalized spacial score (nSPS) is 12.3. The highest BCUT2D eigenvalue weighted by atomic mass is 19.4. The Bertz CT molecular complexity index is 1280. The van der Waals surface area contributed by atoms with E-state index in [-0.39, 0.29) is 16.7 Å². The van der Waals surface area contributed by atoms with Crippen molar-refractivity contribution in [3.05, 3.63) is 59.7 Å². The lowest BCUT2D eigenvalue weighted by atomic mass is 10.2. The highest BCUT2D eigenvalue weighted by Crippen LogP contribution is 2.35. The maximum absolute atomic E-state index is 13.8. The zero-order valence-electron chi connectivity index (χ0n) is 14.9. The van der Waals surface area contributed by atoms with E-state index in [0.717, 1.165) is 12.3 Å². The lowest BCUT2D eigenvalue weighted by molar-refractivity contribution is -0.143. The number of pyridine rings is 1. The summed E-state index contributed by atoms with van der Waals surface area (Å²) in [6.45, 7) is 0. The Morgan fingerprint density at radius 1 is 1.03 bits per heavy atom. The van der Waals surface area contributed by atoms with Gasteiger partial charge in [-0.3, -0.25) is 9.78 Å². The standard InChI is InChI=1S/C17H8F6N6O2/c18-16(19,20)12-6-8(4-5-24-12)26-15(30)9-7-25-29(14(9)17(21,22)23)11-3-1-2-10-13(11)28-31-27-10/h1-7H,(H,24,26,30). The number of amides is 1. The Morgan fingerprint density at radius 3 is 2.52 bits per heavy atom. The van der Waals surface area contributed by atoms with Crippen molar-refractivity contribution in [1.29, 1.82) is 0 Å². The van der Waals surface area contributed by atoms with E-state index in [1.165, 1.54) is 18.2 Å². The number of rotatable bonds is 3. The molecule has 3 aromatic heterocycles. The van der Waals surface area contributed by atoms with Gasteiger partial charge in [-0.2, -0.15) is 31.4 Å². The summed E-state index contributed by atoms with van der Waals surface area (Å²) in [5, 5.41) is 12.7. The van der Waals surface area contributed by atoms with Gasteiger partial charge in [0, 0.05) is 11.9 Å². The molecule has 1 aromatic carbocycles. The maximum atomic E-state index is 13.8. The van der Waals surface area contributed by atoms with Gasteiger partial charge in [-0.05, 0) is 34.6 Å². The smallest absolute Gasteiger partial charge is 0.322 e. The fourth-order valence-electron chi connectivity index (χ4n) is 2.79. The molecular weight excluding hydrogens is 434 g/mol. The molecule has 0 bridgehead atoms. The molecule has 4 rings (SSSR count). The van der Waals surface area contributed by atoms with Gasteiger partial charge in [-0.15, -0.1) is 0 Å². The minimum absolute atomic E-state index is 0.0352. The summed E-state index contributed by atoms with van der Waals surface area (Å²) in [6.07, 6.45) is -8.42. The van der Waals surface area contributed by atoms with Crippen molar-refractivity contribution in [2.24, 2.45) is 0 Å². The molecule has 1 amide bonds. The molecule has 0 fully saturated rings. The van der Waals surface area contributed by atoms with E-state index in [2.05, 4.69) is 25.0 Å². The summed E-state index contributed by atoms with van der Waals surface area (Å²) >= 11 is 0. The van der Waals surface area contributed by atoms with Gasteiger partial charge >= 0.3 is 12.4 Å². The Labute approximate surface area is 167 Å². The molecule has 0 aliphatic heterocycles. The first-order valence-electron chi connectivity index (χ1n) is 8.27. The second-order valence-corrected chi connectivity index (χ2v) is 6.11. The Kier molecular flexibility index (Phi) is 4.63. The number of hydrogen-bond donors (Lipinski definition) is 1. The number of carbonyl (C=O) groups excluding carboxylic acids is 1. The number of anilines is 1. The molecule has 0 aliphatic carbocycles. The van der Waals surface area contributed by atoms with Crippen LogP contribution in [-0.2, 0) is 12.4 Å². The molecule has 4 aromatic rings. The van der Waals surface area contributed by atoms with E-state index in [4.69, 9.17) is 0 Å². The molecule has 8 nitrogen and oxygen atoms in total. The number of halogens is 6. The van der Waals surface area contributed by atoms with Crippen molar-refractivity contribution in [2.45, 2.75) is 12.4 Å². The lowest BCUT2D eigenvalue weighted by Crippen LogP contribution is -2.21. The second-order valence-electron chi connectivity index (χ2n) is 6.11. The van der Waals surface area contributed by atoms with Crippen LogP contribution in [0.15, 0.2) is 47.4 Å². The first kappa shape index (κ1) is 20.3. The van der Waals surface area contributed by atoms with E-state index >= 15 is 0 Å². The summed E-state index contributed by atoms with van der Waals surface area (Å²) in [6, 6.07) is 5.60. The van der Waals surface area contributed by atoms with Gasteiger partial charge in [-0.1, -0.05) is 6.07 Å². The van der Waals surface area contributed by atoms with E-state index in [0.29, 0.717) is 16.9 Å². The third kappa shape index (κ3) is 3.78. The highest BCUT2D eigenvalue weighted by molar-refractivity contribution is 6.05. The zero-order chi connectivity index (χ0) is 22.4. The van der Waals surface area contributed by atoms with Crippen LogP contribution in [0.5, 0.6) is 0 Å². The SMILES string of the molecule is O=C(Nc1ccnc(C(F)(F)F)c1)c1cnn(-c2cccc3nonc23)c1C(F)(F)F. The van der Waals surface area contributed by atoms with Crippen LogP contribution in [0.4, 0.5) is 32.0 Å². The molecule has 0 aliphatic rings. The van der Waals surface area contributed by atoms with Gasteiger partial charge in [0.2, 0.25) is 0 Å². The average molecular weight is 442 g/mol. The van der Waals surface area contributed by atoms with Crippen LogP contribution in [0.2, 0.25) is 0 Å². The first-order chi connectivity index (χ1) is 14.6. The van der Waals surface area contributed by atoms with Crippen molar-refractivity contribution < 1.29 is 35.8 Å². The summed E-state index contributed by atoms with van der Waals surface area (Å²) < 4.78 is 84.8. The van der Waals surface area contributed by atoms with Crippen molar-refractivity contribution in [1.82, 2.24) is 25.1 Å². The fourth-order valence-corrected chi connectivity index (χ4v) is 2.79. The predicted molar refractivity (Wildman–Crippen MR) is 91.1 cm³/mol. The predicted octanol–water partition coefficient (Wildman–Crippen LogP) is 4.09. The number of nitrogens with one attached hydrogen (secondary N) is 1. The third-order valence-electron chi connectivity index (χ3n) is 4.08. The molecule has 0 radical (unpaired) electrons. The molecule has 14 heteroatoms. The number of fused-ring (bicyclic) bond motifs is 1. The van der Waals surface area contributed by atoms with Crippen LogP contribution in [-0.4, -0.2) is 31.0 Å². The molecule has 0 unspecified atom stereocenters. The number of hydrogen-bond acceptors (Lipinski definition) is 6. The summed E-state index contributed by atoms with van der Waals surface area (Å²) in [5.41, 5.74) is -4.11. The highest BCUT2D eigenvalue weighted by Gasteiger charge is 2.41. The van der Waals surface area contributed by atoms with Gasteiger partial charge in [0.1, 0.15) is 11.2 Å².